The van der Waals surface area contributed by atoms with Crippen LogP contribution in [0.4, 0.5) is 0 Å². The second kappa shape index (κ2) is 10.3. The van der Waals surface area contributed by atoms with E-state index in [0.29, 0.717) is 13.1 Å². The van der Waals surface area contributed by atoms with Gasteiger partial charge in [0.2, 0.25) is 0 Å². The third-order valence-electron chi connectivity index (χ3n) is 4.65. The van der Waals surface area contributed by atoms with Gasteiger partial charge in [-0.2, -0.15) is 5.10 Å². The highest BCUT2D eigenvalue weighted by molar-refractivity contribution is 14.0. The largest absolute Gasteiger partial charge is 0.488 e. The third-order valence-corrected chi connectivity index (χ3v) is 4.65. The van der Waals surface area contributed by atoms with Crippen molar-refractivity contribution in [2.24, 2.45) is 4.99 Å². The average molecular weight is 503 g/mol. The van der Waals surface area contributed by atoms with Gasteiger partial charge in [-0.05, 0) is 42.3 Å². The first-order valence-electron chi connectivity index (χ1n) is 9.67. The number of aromatic nitrogens is 2. The Morgan fingerprint density at radius 1 is 1.17 bits per heavy atom. The molecule has 152 valence electrons. The molecule has 29 heavy (non-hydrogen) atoms. The molecule has 1 atom stereocenters. The monoisotopic (exact) mass is 503 g/mol. The normalized spacial score (nSPS) is 15.2. The quantitative estimate of drug-likeness (QED) is 0.307. The number of guanidine groups is 1. The van der Waals surface area contributed by atoms with E-state index in [0.717, 1.165) is 35.9 Å². The molecular weight excluding hydrogens is 477 g/mol. The molecule has 7 heteroatoms. The molecule has 0 saturated heterocycles. The highest BCUT2D eigenvalue weighted by atomic mass is 127. The summed E-state index contributed by atoms with van der Waals surface area (Å²) in [6.45, 7) is 4.19. The van der Waals surface area contributed by atoms with Crippen LogP contribution in [0, 0.1) is 0 Å². The van der Waals surface area contributed by atoms with Crippen molar-refractivity contribution in [1.29, 1.82) is 0 Å². The molecule has 4 rings (SSSR count). The van der Waals surface area contributed by atoms with Crippen LogP contribution >= 0.6 is 24.0 Å². The second-order valence-electron chi connectivity index (χ2n) is 6.75. The Labute approximate surface area is 188 Å². The number of hydrogen-bond acceptors (Lipinski definition) is 3. The lowest BCUT2D eigenvalue weighted by Gasteiger charge is -2.15. The van der Waals surface area contributed by atoms with Gasteiger partial charge in [-0.15, -0.1) is 24.0 Å². The van der Waals surface area contributed by atoms with E-state index in [9.17, 15) is 0 Å². The van der Waals surface area contributed by atoms with Crippen LogP contribution in [0.2, 0.25) is 0 Å². The Morgan fingerprint density at radius 3 is 2.86 bits per heavy atom. The molecular formula is C22H26IN5O. The standard InChI is InChI=1S/C22H25N5O.HI/c1-2-23-22(25-16-20-14-18-8-3-4-10-21(18)28-20)24-15-17-7-5-9-19(13-17)27-12-6-11-26-27;/h3-13,20H,2,14-16H2,1H3,(H2,23,24,25);1H. The number of halogens is 1. The predicted molar refractivity (Wildman–Crippen MR) is 126 cm³/mol. The number of aliphatic imine (C=N–C) groups is 1. The zero-order valence-electron chi connectivity index (χ0n) is 16.4. The summed E-state index contributed by atoms with van der Waals surface area (Å²) in [6.07, 6.45) is 4.77. The molecule has 2 heterocycles. The summed E-state index contributed by atoms with van der Waals surface area (Å²) in [5.41, 5.74) is 3.44. The van der Waals surface area contributed by atoms with Gasteiger partial charge in [-0.3, -0.25) is 0 Å². The number of hydrogen-bond donors (Lipinski definition) is 2. The van der Waals surface area contributed by atoms with Crippen LogP contribution in [-0.2, 0) is 13.0 Å². The van der Waals surface area contributed by atoms with Crippen LogP contribution < -0.4 is 15.4 Å². The summed E-state index contributed by atoms with van der Waals surface area (Å²) in [5.74, 6) is 1.79. The maximum Gasteiger partial charge on any atom is 0.191 e. The van der Waals surface area contributed by atoms with Crippen molar-refractivity contribution >= 4 is 29.9 Å². The number of ether oxygens (including phenoxy) is 1. The van der Waals surface area contributed by atoms with Gasteiger partial charge >= 0.3 is 0 Å². The van der Waals surface area contributed by atoms with Crippen molar-refractivity contribution in [2.75, 3.05) is 13.1 Å². The van der Waals surface area contributed by atoms with Gasteiger partial charge < -0.3 is 15.4 Å². The van der Waals surface area contributed by atoms with Crippen LogP contribution in [0.1, 0.15) is 18.1 Å². The number of benzene rings is 2. The number of rotatable bonds is 6. The fourth-order valence-electron chi connectivity index (χ4n) is 3.31. The van der Waals surface area contributed by atoms with Crippen molar-refractivity contribution in [1.82, 2.24) is 20.4 Å². The molecule has 6 nitrogen and oxygen atoms in total. The van der Waals surface area contributed by atoms with E-state index in [2.05, 4.69) is 46.9 Å². The number of para-hydroxylation sites is 1. The van der Waals surface area contributed by atoms with Gasteiger partial charge in [-0.25, -0.2) is 9.67 Å². The van der Waals surface area contributed by atoms with Crippen LogP contribution in [0.25, 0.3) is 5.69 Å². The van der Waals surface area contributed by atoms with E-state index in [1.54, 1.807) is 6.20 Å². The number of nitrogens with zero attached hydrogens (tertiary/aromatic N) is 3. The summed E-state index contributed by atoms with van der Waals surface area (Å²) in [5, 5.41) is 11.0. The van der Waals surface area contributed by atoms with Crippen molar-refractivity contribution in [2.45, 2.75) is 26.0 Å². The molecule has 2 N–H and O–H groups in total. The predicted octanol–water partition coefficient (Wildman–Crippen LogP) is 3.55. The molecule has 1 aliphatic rings. The maximum absolute atomic E-state index is 6.00. The molecule has 1 aliphatic heterocycles. The van der Waals surface area contributed by atoms with E-state index in [1.807, 2.05) is 41.2 Å². The van der Waals surface area contributed by atoms with Crippen LogP contribution in [0.5, 0.6) is 5.75 Å². The Balaban J connectivity index is 0.00000240. The zero-order valence-corrected chi connectivity index (χ0v) is 18.7. The van der Waals surface area contributed by atoms with Gasteiger partial charge in [0.25, 0.3) is 0 Å². The number of nitrogens with one attached hydrogen (secondary N) is 2. The minimum atomic E-state index is 0. The molecule has 0 fully saturated rings. The van der Waals surface area contributed by atoms with Crippen molar-refractivity contribution < 1.29 is 4.74 Å². The van der Waals surface area contributed by atoms with Gasteiger partial charge in [0.05, 0.1) is 18.8 Å². The fourth-order valence-corrected chi connectivity index (χ4v) is 3.31. The SMILES string of the molecule is CCNC(=NCc1cccc(-n2cccn2)c1)NCC1Cc2ccccc2O1.I. The lowest BCUT2D eigenvalue weighted by atomic mass is 10.1. The van der Waals surface area contributed by atoms with Gasteiger partial charge in [0.15, 0.2) is 5.96 Å². The molecule has 0 bridgehead atoms. The Morgan fingerprint density at radius 2 is 2.07 bits per heavy atom. The average Bonchev–Trinajstić information content (AvgIpc) is 3.40. The van der Waals surface area contributed by atoms with Crippen molar-refractivity contribution in [3.8, 4) is 11.4 Å². The molecule has 0 saturated carbocycles. The first-order valence-corrected chi connectivity index (χ1v) is 9.67. The Hall–Kier alpha value is -2.55. The summed E-state index contributed by atoms with van der Waals surface area (Å²) in [6, 6.07) is 18.4. The van der Waals surface area contributed by atoms with Gasteiger partial charge in [0, 0.05) is 25.4 Å². The molecule has 0 amide bonds. The summed E-state index contributed by atoms with van der Waals surface area (Å²) >= 11 is 0. The van der Waals surface area contributed by atoms with Crippen molar-refractivity contribution in [3.05, 3.63) is 78.1 Å². The van der Waals surface area contributed by atoms with Crippen LogP contribution in [-0.4, -0.2) is 34.9 Å². The fraction of sp³-hybridized carbons (Fsp3) is 0.273. The summed E-state index contributed by atoms with van der Waals surface area (Å²) in [4.78, 5) is 4.73. The molecule has 0 spiro atoms. The van der Waals surface area contributed by atoms with E-state index in [4.69, 9.17) is 9.73 Å². The molecule has 3 aromatic rings. The highest BCUT2D eigenvalue weighted by Gasteiger charge is 2.22. The Bertz CT molecular complexity index is 917. The van der Waals surface area contributed by atoms with Gasteiger partial charge in [0.1, 0.15) is 11.9 Å². The Kier molecular flexibility index (Phi) is 7.51. The second-order valence-corrected chi connectivity index (χ2v) is 6.75. The zero-order chi connectivity index (χ0) is 19.2. The minimum absolute atomic E-state index is 0. The minimum Gasteiger partial charge on any atom is -0.488 e. The molecule has 0 aliphatic carbocycles. The third kappa shape index (κ3) is 5.50. The van der Waals surface area contributed by atoms with Crippen LogP contribution in [0.15, 0.2) is 72.0 Å². The number of fused-ring (bicyclic) bond motifs is 1. The summed E-state index contributed by atoms with van der Waals surface area (Å²) in [7, 11) is 0. The topological polar surface area (TPSA) is 63.5 Å². The van der Waals surface area contributed by atoms with E-state index in [-0.39, 0.29) is 30.1 Å². The molecule has 0 radical (unpaired) electrons. The summed E-state index contributed by atoms with van der Waals surface area (Å²) < 4.78 is 7.85. The first kappa shape index (κ1) is 21.2. The molecule has 2 aromatic carbocycles. The van der Waals surface area contributed by atoms with Crippen molar-refractivity contribution in [3.63, 3.8) is 0 Å². The first-order chi connectivity index (χ1) is 13.8. The van der Waals surface area contributed by atoms with E-state index in [1.165, 1.54) is 5.56 Å². The van der Waals surface area contributed by atoms with E-state index >= 15 is 0 Å². The molecule has 1 aromatic heterocycles. The lowest BCUT2D eigenvalue weighted by molar-refractivity contribution is 0.235. The highest BCUT2D eigenvalue weighted by Crippen LogP contribution is 2.27. The lowest BCUT2D eigenvalue weighted by Crippen LogP contribution is -2.42. The smallest absolute Gasteiger partial charge is 0.191 e. The van der Waals surface area contributed by atoms with Gasteiger partial charge in [-0.1, -0.05) is 30.3 Å². The van der Waals surface area contributed by atoms with E-state index < -0.39 is 0 Å². The van der Waals surface area contributed by atoms with Crippen LogP contribution in [0.3, 0.4) is 0 Å². The maximum atomic E-state index is 6.00. The molecule has 1 unspecified atom stereocenters.